The highest BCUT2D eigenvalue weighted by molar-refractivity contribution is 5.35. The lowest BCUT2D eigenvalue weighted by molar-refractivity contribution is -0.111. The summed E-state index contributed by atoms with van der Waals surface area (Å²) >= 11 is 0. The SMILES string of the molecule is CCCNC(c1cc(C)ccc1C)C1(OC)CCOCC1. The third kappa shape index (κ3) is 3.65. The molecule has 1 aromatic carbocycles. The Balaban J connectivity index is 2.38. The first-order valence-electron chi connectivity index (χ1n) is 8.06. The smallest absolute Gasteiger partial charge is 0.0916 e. The van der Waals surface area contributed by atoms with Gasteiger partial charge in [-0.15, -0.1) is 0 Å². The molecule has 1 aromatic rings. The normalized spacial score (nSPS) is 19.4. The summed E-state index contributed by atoms with van der Waals surface area (Å²) in [7, 11) is 1.84. The van der Waals surface area contributed by atoms with Gasteiger partial charge in [0.15, 0.2) is 0 Å². The Morgan fingerprint density at radius 2 is 2.00 bits per heavy atom. The molecule has 1 saturated heterocycles. The van der Waals surface area contributed by atoms with E-state index in [0.29, 0.717) is 0 Å². The highest BCUT2D eigenvalue weighted by Crippen LogP contribution is 2.38. The molecule has 1 aliphatic heterocycles. The standard InChI is InChI=1S/C18H29NO2/c1-5-10-19-17(16-13-14(2)6-7-15(16)3)18(20-4)8-11-21-12-9-18/h6-7,13,17,19H,5,8-12H2,1-4H3. The largest absolute Gasteiger partial charge is 0.381 e. The van der Waals surface area contributed by atoms with Crippen molar-refractivity contribution >= 4 is 0 Å². The van der Waals surface area contributed by atoms with Crippen LogP contribution in [0.5, 0.6) is 0 Å². The van der Waals surface area contributed by atoms with Crippen LogP contribution in [0, 0.1) is 13.8 Å². The predicted octanol–water partition coefficient (Wildman–Crippen LogP) is 3.54. The van der Waals surface area contributed by atoms with E-state index in [4.69, 9.17) is 9.47 Å². The van der Waals surface area contributed by atoms with E-state index in [0.717, 1.165) is 39.0 Å². The van der Waals surface area contributed by atoms with Gasteiger partial charge in [-0.3, -0.25) is 0 Å². The monoisotopic (exact) mass is 291 g/mol. The number of aryl methyl sites for hydroxylation is 2. The highest BCUT2D eigenvalue weighted by Gasteiger charge is 2.41. The number of hydrogen-bond donors (Lipinski definition) is 1. The zero-order chi connectivity index (χ0) is 15.3. The van der Waals surface area contributed by atoms with Gasteiger partial charge in [-0.05, 0) is 37.9 Å². The van der Waals surface area contributed by atoms with Crippen molar-refractivity contribution in [2.45, 2.75) is 51.7 Å². The van der Waals surface area contributed by atoms with Crippen molar-refractivity contribution in [2.75, 3.05) is 26.9 Å². The maximum atomic E-state index is 6.04. The molecule has 0 amide bonds. The van der Waals surface area contributed by atoms with Crippen molar-refractivity contribution in [3.8, 4) is 0 Å². The van der Waals surface area contributed by atoms with Crippen LogP contribution in [0.15, 0.2) is 18.2 Å². The number of ether oxygens (including phenoxy) is 2. The minimum absolute atomic E-state index is 0.161. The molecule has 3 heteroatoms. The lowest BCUT2D eigenvalue weighted by Gasteiger charge is -2.43. The molecule has 2 rings (SSSR count). The molecule has 1 unspecified atom stereocenters. The number of nitrogens with one attached hydrogen (secondary N) is 1. The van der Waals surface area contributed by atoms with Gasteiger partial charge in [-0.1, -0.05) is 30.7 Å². The first-order chi connectivity index (χ1) is 10.1. The molecule has 1 N–H and O–H groups in total. The average molecular weight is 291 g/mol. The Kier molecular flexibility index (Phi) is 5.80. The summed E-state index contributed by atoms with van der Waals surface area (Å²) in [5.41, 5.74) is 3.84. The molecule has 0 aromatic heterocycles. The summed E-state index contributed by atoms with van der Waals surface area (Å²) < 4.78 is 11.6. The van der Waals surface area contributed by atoms with E-state index in [-0.39, 0.29) is 11.6 Å². The molecule has 118 valence electrons. The zero-order valence-corrected chi connectivity index (χ0v) is 13.9. The lowest BCUT2D eigenvalue weighted by Crippen LogP contribution is -2.49. The topological polar surface area (TPSA) is 30.5 Å². The van der Waals surface area contributed by atoms with E-state index in [1.807, 2.05) is 7.11 Å². The molecule has 0 spiro atoms. The van der Waals surface area contributed by atoms with Gasteiger partial charge < -0.3 is 14.8 Å². The van der Waals surface area contributed by atoms with Crippen molar-refractivity contribution in [3.63, 3.8) is 0 Å². The van der Waals surface area contributed by atoms with E-state index in [1.54, 1.807) is 0 Å². The van der Waals surface area contributed by atoms with Crippen LogP contribution in [0.1, 0.15) is 48.9 Å². The van der Waals surface area contributed by atoms with Crippen molar-refractivity contribution in [2.24, 2.45) is 0 Å². The molecule has 1 aliphatic rings. The number of hydrogen-bond acceptors (Lipinski definition) is 3. The molecule has 21 heavy (non-hydrogen) atoms. The quantitative estimate of drug-likeness (QED) is 0.869. The lowest BCUT2D eigenvalue weighted by atomic mass is 9.80. The second-order valence-electron chi connectivity index (χ2n) is 6.13. The summed E-state index contributed by atoms with van der Waals surface area (Å²) in [5, 5.41) is 3.73. The predicted molar refractivity (Wildman–Crippen MR) is 86.7 cm³/mol. The van der Waals surface area contributed by atoms with Crippen molar-refractivity contribution in [1.29, 1.82) is 0 Å². The van der Waals surface area contributed by atoms with Crippen molar-refractivity contribution < 1.29 is 9.47 Å². The van der Waals surface area contributed by atoms with Gasteiger partial charge in [-0.25, -0.2) is 0 Å². The molecule has 0 bridgehead atoms. The molecule has 0 aliphatic carbocycles. The Bertz CT molecular complexity index is 453. The van der Waals surface area contributed by atoms with Gasteiger partial charge in [0, 0.05) is 33.2 Å². The van der Waals surface area contributed by atoms with Gasteiger partial charge in [0.05, 0.1) is 11.6 Å². The van der Waals surface area contributed by atoms with Gasteiger partial charge in [0.1, 0.15) is 0 Å². The molecular weight excluding hydrogens is 262 g/mol. The number of benzene rings is 1. The average Bonchev–Trinajstić information content (AvgIpc) is 2.51. The van der Waals surface area contributed by atoms with Crippen LogP contribution in [-0.2, 0) is 9.47 Å². The van der Waals surface area contributed by atoms with Crippen LogP contribution in [-0.4, -0.2) is 32.5 Å². The first-order valence-corrected chi connectivity index (χ1v) is 8.06. The molecule has 3 nitrogen and oxygen atoms in total. The summed E-state index contributed by atoms with van der Waals surface area (Å²) in [6.07, 6.45) is 3.01. The van der Waals surface area contributed by atoms with Crippen LogP contribution in [0.2, 0.25) is 0 Å². The van der Waals surface area contributed by atoms with E-state index >= 15 is 0 Å². The van der Waals surface area contributed by atoms with Crippen LogP contribution < -0.4 is 5.32 Å². The maximum Gasteiger partial charge on any atom is 0.0916 e. The van der Waals surface area contributed by atoms with Crippen molar-refractivity contribution in [1.82, 2.24) is 5.32 Å². The summed E-state index contributed by atoms with van der Waals surface area (Å²) in [6, 6.07) is 6.93. The van der Waals surface area contributed by atoms with E-state index in [1.165, 1.54) is 16.7 Å². The Morgan fingerprint density at radius 1 is 1.29 bits per heavy atom. The fraction of sp³-hybridized carbons (Fsp3) is 0.667. The molecule has 0 saturated carbocycles. The van der Waals surface area contributed by atoms with Gasteiger partial charge >= 0.3 is 0 Å². The highest BCUT2D eigenvalue weighted by atomic mass is 16.5. The van der Waals surface area contributed by atoms with E-state index in [2.05, 4.69) is 44.3 Å². The second-order valence-corrected chi connectivity index (χ2v) is 6.13. The van der Waals surface area contributed by atoms with Crippen LogP contribution in [0.25, 0.3) is 0 Å². The minimum Gasteiger partial charge on any atom is -0.381 e. The third-order valence-electron chi connectivity index (χ3n) is 4.62. The second kappa shape index (κ2) is 7.39. The van der Waals surface area contributed by atoms with E-state index < -0.39 is 0 Å². The van der Waals surface area contributed by atoms with Gasteiger partial charge in [-0.2, -0.15) is 0 Å². The summed E-state index contributed by atoms with van der Waals surface area (Å²) in [6.45, 7) is 9.12. The van der Waals surface area contributed by atoms with Gasteiger partial charge in [0.2, 0.25) is 0 Å². The maximum absolute atomic E-state index is 6.04. The summed E-state index contributed by atoms with van der Waals surface area (Å²) in [4.78, 5) is 0. The fourth-order valence-corrected chi connectivity index (χ4v) is 3.27. The van der Waals surface area contributed by atoms with Crippen LogP contribution in [0.3, 0.4) is 0 Å². The number of rotatable bonds is 6. The van der Waals surface area contributed by atoms with Gasteiger partial charge in [0.25, 0.3) is 0 Å². The zero-order valence-electron chi connectivity index (χ0n) is 13.9. The Labute approximate surface area is 129 Å². The fourth-order valence-electron chi connectivity index (χ4n) is 3.27. The van der Waals surface area contributed by atoms with E-state index in [9.17, 15) is 0 Å². The minimum atomic E-state index is -0.161. The third-order valence-corrected chi connectivity index (χ3v) is 4.62. The molecule has 1 atom stereocenters. The Hall–Kier alpha value is -0.900. The molecule has 0 radical (unpaired) electrons. The van der Waals surface area contributed by atoms with Crippen LogP contribution >= 0.6 is 0 Å². The number of methoxy groups -OCH3 is 1. The molecule has 1 fully saturated rings. The Morgan fingerprint density at radius 3 is 2.62 bits per heavy atom. The summed E-state index contributed by atoms with van der Waals surface area (Å²) in [5.74, 6) is 0. The molecular formula is C18H29NO2. The first kappa shape index (κ1) is 16.5. The van der Waals surface area contributed by atoms with Crippen molar-refractivity contribution in [3.05, 3.63) is 34.9 Å². The van der Waals surface area contributed by atoms with Crippen LogP contribution in [0.4, 0.5) is 0 Å². The molecule has 1 heterocycles.